The molecule has 456 valence electrons. The SMILES string of the molecule is C#CCOCCOCCOCCOCCC(=O)N(CCOCCNC(=O)O[C@@H]([C@@H]1C[C@H](S(=O)(=O)O)C[C@H](CC(=N)N)[C@H]1C)[C@H](O)CO)CCOCCNC(=O)O[C@@H]([C@@H]1O[C@@H](S(=O)(=O)O)C[C@H](CC(=N)N)[C@H]1NC(C)=O)[C@H](O)CO. The first-order chi connectivity index (χ1) is 37.3. The standard InChI is InChI=1S/C46H82N8O23S2/c1-4-10-69-16-18-73-20-21-74-19-17-70-11-5-39(60)54(8-14-71-12-6-51-45(61)76-42(35(58)27-55)34-26-33(78(63,64)65)22-31(29(34)2)23-37(47)48)9-15-72-13-7-52-46(62)77-43(36(59)28-56)44-41(53-30(3)57)32(24-38(49)50)25-40(75-44)79(66,67)68/h1,29,31-36,40-44,55-56,58-59H,5-28H2,2-3H3,(H3,47,48)(H3,49,50)(H,51,61)(H,52,62)(H,53,57)(H,63,64,65)(H,66,67,68)/t29-,31-,32+,33-,34-,35-,36-,40+,41-,42+,43-,44-/m1/s1. The van der Waals surface area contributed by atoms with Crippen molar-refractivity contribution in [3.05, 3.63) is 0 Å². The van der Waals surface area contributed by atoms with Gasteiger partial charge in [-0.2, -0.15) is 16.8 Å². The van der Waals surface area contributed by atoms with Gasteiger partial charge >= 0.3 is 12.2 Å². The molecular formula is C46H82N8O23S2. The molecule has 1 heterocycles. The van der Waals surface area contributed by atoms with E-state index in [0.29, 0.717) is 26.4 Å². The Hall–Kier alpha value is -4.64. The summed E-state index contributed by atoms with van der Waals surface area (Å²) >= 11 is 0. The van der Waals surface area contributed by atoms with Crippen molar-refractivity contribution in [1.29, 1.82) is 10.8 Å². The second-order valence-corrected chi connectivity index (χ2v) is 21.9. The van der Waals surface area contributed by atoms with Crippen LogP contribution in [0, 0.1) is 46.8 Å². The van der Waals surface area contributed by atoms with Crippen LogP contribution in [0.4, 0.5) is 9.59 Å². The predicted octanol–water partition coefficient (Wildman–Crippen LogP) is -3.47. The number of hydrogen-bond acceptors (Lipinski definition) is 23. The third-order valence-corrected chi connectivity index (χ3v) is 15.0. The minimum absolute atomic E-state index is 0.0126. The number of nitrogens with two attached hydrogens (primary N) is 2. The lowest BCUT2D eigenvalue weighted by Crippen LogP contribution is -2.63. The van der Waals surface area contributed by atoms with Crippen molar-refractivity contribution in [2.24, 2.45) is 35.1 Å². The number of carbonyl (C=O) groups is 4. The Balaban J connectivity index is 2.01. The smallest absolute Gasteiger partial charge is 0.407 e. The number of alkyl carbamates (subject to hydrolysis) is 2. The van der Waals surface area contributed by atoms with E-state index < -0.39 is 135 Å². The molecule has 79 heavy (non-hydrogen) atoms. The van der Waals surface area contributed by atoms with Crippen LogP contribution in [0.2, 0.25) is 0 Å². The monoisotopic (exact) mass is 1180 g/mol. The second-order valence-electron chi connectivity index (χ2n) is 18.7. The number of rotatable bonds is 40. The molecule has 0 radical (unpaired) electrons. The highest BCUT2D eigenvalue weighted by Gasteiger charge is 2.50. The minimum Gasteiger partial charge on any atom is -0.443 e. The summed E-state index contributed by atoms with van der Waals surface area (Å²) in [5.41, 5.74) is 9.24. The molecule has 12 atom stereocenters. The van der Waals surface area contributed by atoms with E-state index in [4.69, 9.17) is 71.3 Å². The van der Waals surface area contributed by atoms with E-state index in [2.05, 4.69) is 21.9 Å². The number of amidine groups is 2. The molecule has 4 amide bonds. The first kappa shape index (κ1) is 70.5. The van der Waals surface area contributed by atoms with Crippen molar-refractivity contribution >= 4 is 55.9 Å². The predicted molar refractivity (Wildman–Crippen MR) is 277 cm³/mol. The van der Waals surface area contributed by atoms with Crippen LogP contribution in [0.5, 0.6) is 0 Å². The lowest BCUT2D eigenvalue weighted by atomic mass is 9.68. The van der Waals surface area contributed by atoms with E-state index in [-0.39, 0.29) is 123 Å². The van der Waals surface area contributed by atoms with Gasteiger partial charge in [-0.15, -0.1) is 6.42 Å². The topological polar surface area (TPSA) is 480 Å². The van der Waals surface area contributed by atoms with Crippen molar-refractivity contribution in [2.75, 3.05) is 119 Å². The van der Waals surface area contributed by atoms with Gasteiger partial charge in [0.15, 0.2) is 11.5 Å². The summed E-state index contributed by atoms with van der Waals surface area (Å²) in [5.74, 6) is -2.11. The van der Waals surface area contributed by atoms with E-state index >= 15 is 0 Å². The van der Waals surface area contributed by atoms with Crippen molar-refractivity contribution in [3.63, 3.8) is 0 Å². The molecule has 1 aliphatic carbocycles. The van der Waals surface area contributed by atoms with Gasteiger partial charge < -0.3 is 95.4 Å². The van der Waals surface area contributed by atoms with Gasteiger partial charge in [-0.25, -0.2) is 9.59 Å². The Labute approximate surface area is 460 Å². The van der Waals surface area contributed by atoms with Crippen molar-refractivity contribution in [1.82, 2.24) is 20.9 Å². The molecule has 0 aromatic heterocycles. The largest absolute Gasteiger partial charge is 0.443 e. The lowest BCUT2D eigenvalue weighted by Gasteiger charge is -2.44. The van der Waals surface area contributed by atoms with E-state index in [1.807, 2.05) is 0 Å². The highest BCUT2D eigenvalue weighted by molar-refractivity contribution is 7.86. The van der Waals surface area contributed by atoms with Gasteiger partial charge in [0.05, 0.1) is 115 Å². The van der Waals surface area contributed by atoms with Crippen LogP contribution in [-0.4, -0.2) is 253 Å². The molecule has 2 fully saturated rings. The number of ether oxygens (including phenoxy) is 9. The molecule has 2 rings (SSSR count). The van der Waals surface area contributed by atoms with Gasteiger partial charge in [0.25, 0.3) is 20.2 Å². The number of carbonyl (C=O) groups excluding carboxylic acids is 4. The minimum atomic E-state index is -4.92. The fourth-order valence-corrected chi connectivity index (χ4v) is 10.7. The van der Waals surface area contributed by atoms with Crippen LogP contribution >= 0.6 is 0 Å². The number of aliphatic hydroxyl groups is 4. The maximum atomic E-state index is 13.4. The summed E-state index contributed by atoms with van der Waals surface area (Å²) in [6, 6.07) is -1.22. The zero-order valence-corrected chi connectivity index (χ0v) is 46.2. The number of terminal acetylenes is 1. The third-order valence-electron chi connectivity index (χ3n) is 12.8. The quantitative estimate of drug-likeness (QED) is 0.00932. The maximum absolute atomic E-state index is 13.4. The molecular weight excluding hydrogens is 1100 g/mol. The molecule has 0 unspecified atom stereocenters. The van der Waals surface area contributed by atoms with Gasteiger partial charge in [-0.3, -0.25) is 29.5 Å². The zero-order chi connectivity index (χ0) is 59.1. The van der Waals surface area contributed by atoms with Crippen molar-refractivity contribution in [3.8, 4) is 12.3 Å². The van der Waals surface area contributed by atoms with Crippen LogP contribution < -0.4 is 27.4 Å². The fraction of sp³-hybridized carbons (Fsp3) is 0.826. The molecule has 1 aliphatic heterocycles. The van der Waals surface area contributed by atoms with E-state index in [1.54, 1.807) is 6.92 Å². The molecule has 31 nitrogen and oxygen atoms in total. The highest BCUT2D eigenvalue weighted by atomic mass is 32.2. The van der Waals surface area contributed by atoms with Gasteiger partial charge in [0, 0.05) is 51.9 Å². The Morgan fingerprint density at radius 3 is 1.67 bits per heavy atom. The van der Waals surface area contributed by atoms with E-state index in [0.717, 1.165) is 6.92 Å². The van der Waals surface area contributed by atoms with Gasteiger partial charge in [0.2, 0.25) is 11.8 Å². The van der Waals surface area contributed by atoms with Crippen molar-refractivity contribution < 1.29 is 108 Å². The summed E-state index contributed by atoms with van der Waals surface area (Å²) in [6.45, 7) is 2.20. The van der Waals surface area contributed by atoms with Crippen LogP contribution in [0.15, 0.2) is 0 Å². The van der Waals surface area contributed by atoms with E-state index in [1.165, 1.54) is 4.90 Å². The Morgan fingerprint density at radius 2 is 1.19 bits per heavy atom. The highest BCUT2D eigenvalue weighted by Crippen LogP contribution is 2.42. The molecule has 0 aromatic carbocycles. The molecule has 0 aromatic rings. The van der Waals surface area contributed by atoms with Crippen LogP contribution in [0.3, 0.4) is 0 Å². The first-order valence-corrected chi connectivity index (χ1v) is 28.5. The van der Waals surface area contributed by atoms with Gasteiger partial charge in [-0.05, 0) is 37.0 Å². The normalized spacial score (nSPS) is 23.0. The van der Waals surface area contributed by atoms with Gasteiger partial charge in [-0.1, -0.05) is 12.8 Å². The first-order valence-electron chi connectivity index (χ1n) is 25.5. The number of hydrogen-bond donors (Lipinski definition) is 13. The second kappa shape index (κ2) is 37.4. The Kier molecular flexibility index (Phi) is 33.3. The Morgan fingerprint density at radius 1 is 0.709 bits per heavy atom. The summed E-state index contributed by atoms with van der Waals surface area (Å²) in [6.07, 6.45) is -6.61. The van der Waals surface area contributed by atoms with Crippen LogP contribution in [-0.2, 0) is 72.5 Å². The van der Waals surface area contributed by atoms with Gasteiger partial charge in [0.1, 0.15) is 31.0 Å². The number of aliphatic hydroxyl groups excluding tert-OH is 4. The molecule has 0 bridgehead atoms. The third kappa shape index (κ3) is 27.6. The average Bonchev–Trinajstić information content (AvgIpc) is 3.37. The van der Waals surface area contributed by atoms with Crippen LogP contribution in [0.1, 0.15) is 52.4 Å². The van der Waals surface area contributed by atoms with E-state index in [9.17, 15) is 65.5 Å². The van der Waals surface area contributed by atoms with Crippen molar-refractivity contribution in [2.45, 2.75) is 99.6 Å². The Bertz CT molecular complexity index is 2150. The van der Waals surface area contributed by atoms with Crippen LogP contribution in [0.25, 0.3) is 0 Å². The molecule has 15 N–H and O–H groups in total. The number of nitrogens with zero attached hydrogens (tertiary/aromatic N) is 1. The molecule has 1 saturated heterocycles. The zero-order valence-electron chi connectivity index (χ0n) is 44.5. The average molecular weight is 1180 g/mol. The summed E-state index contributed by atoms with van der Waals surface area (Å²) in [7, 11) is -9.50. The molecule has 0 spiro atoms. The molecule has 33 heteroatoms. The summed E-state index contributed by atoms with van der Waals surface area (Å²) in [4.78, 5) is 53.0. The number of nitrogens with one attached hydrogen (secondary N) is 5. The molecule has 2 aliphatic rings. The summed E-state index contributed by atoms with van der Waals surface area (Å²) < 4.78 is 118. The lowest BCUT2D eigenvalue weighted by molar-refractivity contribution is -0.155. The fourth-order valence-electron chi connectivity index (χ4n) is 8.95. The summed E-state index contributed by atoms with van der Waals surface area (Å²) in [5, 5.41) is 62.6. The number of amides is 4. The molecule has 1 saturated carbocycles. The maximum Gasteiger partial charge on any atom is 0.407 e.